The van der Waals surface area contributed by atoms with Gasteiger partial charge in [0.1, 0.15) is 17.4 Å². The molecule has 1 aliphatic carbocycles. The Kier molecular flexibility index (Phi) is 3.76. The maximum Gasteiger partial charge on any atom is 0.140 e. The van der Waals surface area contributed by atoms with Gasteiger partial charge in [-0.05, 0) is 56.4 Å². The SMILES string of the molecule is Cc1nc(COc2ccc3c(c2)[C@@H](N)CCC3)sc1C. The summed E-state index contributed by atoms with van der Waals surface area (Å²) in [5.74, 6) is 0.895. The molecule has 0 radical (unpaired) electrons. The summed E-state index contributed by atoms with van der Waals surface area (Å²) in [6.07, 6.45) is 3.39. The molecule has 20 heavy (non-hydrogen) atoms. The predicted octanol–water partition coefficient (Wildman–Crippen LogP) is 3.68. The van der Waals surface area contributed by atoms with Crippen molar-refractivity contribution in [3.63, 3.8) is 0 Å². The highest BCUT2D eigenvalue weighted by atomic mass is 32.1. The molecule has 1 atom stereocenters. The van der Waals surface area contributed by atoms with E-state index in [0.29, 0.717) is 6.61 Å². The summed E-state index contributed by atoms with van der Waals surface area (Å²) < 4.78 is 5.87. The van der Waals surface area contributed by atoms with Crippen LogP contribution in [0.25, 0.3) is 0 Å². The van der Waals surface area contributed by atoms with Crippen molar-refractivity contribution < 1.29 is 4.74 Å². The average molecular weight is 288 g/mol. The standard InChI is InChI=1S/C16H20N2OS/c1-10-11(2)20-16(18-10)9-19-13-7-6-12-4-3-5-15(17)14(12)8-13/h6-8,15H,3-5,9,17H2,1-2H3/t15-/m0/s1. The van der Waals surface area contributed by atoms with E-state index in [1.807, 2.05) is 13.0 Å². The van der Waals surface area contributed by atoms with Crippen LogP contribution in [0.2, 0.25) is 0 Å². The molecule has 2 N–H and O–H groups in total. The fraction of sp³-hybridized carbons (Fsp3) is 0.438. The summed E-state index contributed by atoms with van der Waals surface area (Å²) in [6, 6.07) is 6.46. The van der Waals surface area contributed by atoms with Gasteiger partial charge in [-0.15, -0.1) is 11.3 Å². The normalized spacial score (nSPS) is 17.9. The van der Waals surface area contributed by atoms with Gasteiger partial charge in [-0.25, -0.2) is 4.98 Å². The Hall–Kier alpha value is -1.39. The van der Waals surface area contributed by atoms with Crippen molar-refractivity contribution in [2.75, 3.05) is 0 Å². The van der Waals surface area contributed by atoms with Gasteiger partial charge in [-0.3, -0.25) is 0 Å². The van der Waals surface area contributed by atoms with Gasteiger partial charge in [0.2, 0.25) is 0 Å². The Morgan fingerprint density at radius 1 is 1.40 bits per heavy atom. The molecule has 0 saturated carbocycles. The lowest BCUT2D eigenvalue weighted by Crippen LogP contribution is -2.17. The molecule has 0 aliphatic heterocycles. The molecule has 2 aromatic rings. The predicted molar refractivity (Wildman–Crippen MR) is 82.2 cm³/mol. The molecule has 1 heterocycles. The molecule has 3 nitrogen and oxygen atoms in total. The maximum absolute atomic E-state index is 6.18. The molecule has 4 heteroatoms. The van der Waals surface area contributed by atoms with Crippen LogP contribution in [0.15, 0.2) is 18.2 Å². The van der Waals surface area contributed by atoms with Crippen molar-refractivity contribution in [2.24, 2.45) is 5.73 Å². The van der Waals surface area contributed by atoms with E-state index in [1.165, 1.54) is 22.4 Å². The summed E-state index contributed by atoms with van der Waals surface area (Å²) in [7, 11) is 0. The number of rotatable bonds is 3. The molecule has 1 aromatic carbocycles. The van der Waals surface area contributed by atoms with Crippen LogP contribution in [0.4, 0.5) is 0 Å². The lowest BCUT2D eigenvalue weighted by molar-refractivity contribution is 0.304. The zero-order valence-corrected chi connectivity index (χ0v) is 12.8. The molecule has 106 valence electrons. The molecule has 0 spiro atoms. The first kappa shape index (κ1) is 13.6. The second-order valence-electron chi connectivity index (χ2n) is 5.40. The molecule has 0 amide bonds. The molecule has 0 fully saturated rings. The number of hydrogen-bond donors (Lipinski definition) is 1. The second kappa shape index (κ2) is 5.54. The van der Waals surface area contributed by atoms with E-state index < -0.39 is 0 Å². The van der Waals surface area contributed by atoms with Crippen LogP contribution in [-0.2, 0) is 13.0 Å². The van der Waals surface area contributed by atoms with Crippen LogP contribution in [0.3, 0.4) is 0 Å². The van der Waals surface area contributed by atoms with Gasteiger partial charge in [0, 0.05) is 10.9 Å². The van der Waals surface area contributed by atoms with Crippen LogP contribution in [0, 0.1) is 13.8 Å². The van der Waals surface area contributed by atoms with Gasteiger partial charge in [-0.2, -0.15) is 0 Å². The van der Waals surface area contributed by atoms with Crippen molar-refractivity contribution in [1.29, 1.82) is 0 Å². The van der Waals surface area contributed by atoms with Crippen LogP contribution < -0.4 is 10.5 Å². The molecule has 0 saturated heterocycles. The van der Waals surface area contributed by atoms with Gasteiger partial charge in [0.05, 0.1) is 5.69 Å². The van der Waals surface area contributed by atoms with E-state index in [1.54, 1.807) is 11.3 Å². The quantitative estimate of drug-likeness (QED) is 0.937. The van der Waals surface area contributed by atoms with Crippen molar-refractivity contribution in [3.05, 3.63) is 44.9 Å². The van der Waals surface area contributed by atoms with Crippen molar-refractivity contribution in [1.82, 2.24) is 4.98 Å². The Morgan fingerprint density at radius 3 is 3.00 bits per heavy atom. The van der Waals surface area contributed by atoms with Crippen LogP contribution in [0.1, 0.15) is 45.6 Å². The van der Waals surface area contributed by atoms with E-state index in [4.69, 9.17) is 10.5 Å². The monoisotopic (exact) mass is 288 g/mol. The largest absolute Gasteiger partial charge is 0.486 e. The lowest BCUT2D eigenvalue weighted by atomic mass is 9.88. The Balaban J connectivity index is 1.73. The number of thiazole rings is 1. The van der Waals surface area contributed by atoms with Crippen LogP contribution in [0.5, 0.6) is 5.75 Å². The van der Waals surface area contributed by atoms with Crippen LogP contribution >= 0.6 is 11.3 Å². The summed E-state index contributed by atoms with van der Waals surface area (Å²) >= 11 is 1.70. The third-order valence-corrected chi connectivity index (χ3v) is 4.96. The minimum absolute atomic E-state index is 0.159. The van der Waals surface area contributed by atoms with Gasteiger partial charge < -0.3 is 10.5 Å². The molecule has 1 aromatic heterocycles. The number of nitrogens with two attached hydrogens (primary N) is 1. The van der Waals surface area contributed by atoms with E-state index >= 15 is 0 Å². The smallest absolute Gasteiger partial charge is 0.140 e. The van der Waals surface area contributed by atoms with Gasteiger partial charge >= 0.3 is 0 Å². The third kappa shape index (κ3) is 2.72. The number of hydrogen-bond acceptors (Lipinski definition) is 4. The lowest BCUT2D eigenvalue weighted by Gasteiger charge is -2.22. The first-order chi connectivity index (χ1) is 9.63. The number of nitrogens with zero attached hydrogens (tertiary/aromatic N) is 1. The Labute approximate surface area is 123 Å². The van der Waals surface area contributed by atoms with E-state index in [9.17, 15) is 0 Å². The first-order valence-corrected chi connectivity index (χ1v) is 7.89. The van der Waals surface area contributed by atoms with Gasteiger partial charge in [0.15, 0.2) is 0 Å². The van der Waals surface area contributed by atoms with Gasteiger partial charge in [0.25, 0.3) is 0 Å². The zero-order chi connectivity index (χ0) is 14.1. The number of benzene rings is 1. The van der Waals surface area contributed by atoms with E-state index in [0.717, 1.165) is 29.3 Å². The highest BCUT2D eigenvalue weighted by molar-refractivity contribution is 7.11. The second-order valence-corrected chi connectivity index (χ2v) is 6.68. The Bertz CT molecular complexity index is 601. The first-order valence-electron chi connectivity index (χ1n) is 7.07. The summed E-state index contributed by atoms with van der Waals surface area (Å²) in [4.78, 5) is 5.76. The topological polar surface area (TPSA) is 48.1 Å². The Morgan fingerprint density at radius 2 is 2.25 bits per heavy atom. The van der Waals surface area contributed by atoms with Crippen molar-refractivity contribution in [3.8, 4) is 5.75 Å². The maximum atomic E-state index is 6.18. The minimum Gasteiger partial charge on any atom is -0.486 e. The number of fused-ring (bicyclic) bond motifs is 1. The third-order valence-electron chi connectivity index (χ3n) is 3.91. The number of ether oxygens (including phenoxy) is 1. The average Bonchev–Trinajstić information content (AvgIpc) is 2.76. The molecule has 0 unspecified atom stereocenters. The number of aromatic nitrogens is 1. The molecular formula is C16H20N2OS. The fourth-order valence-corrected chi connectivity index (χ4v) is 3.50. The zero-order valence-electron chi connectivity index (χ0n) is 12.0. The van der Waals surface area contributed by atoms with E-state index in [-0.39, 0.29) is 6.04 Å². The number of aryl methyl sites for hydroxylation is 3. The highest BCUT2D eigenvalue weighted by Crippen LogP contribution is 2.31. The fourth-order valence-electron chi connectivity index (χ4n) is 2.65. The minimum atomic E-state index is 0.159. The van der Waals surface area contributed by atoms with Crippen molar-refractivity contribution >= 4 is 11.3 Å². The summed E-state index contributed by atoms with van der Waals surface area (Å²) in [5, 5.41) is 1.03. The van der Waals surface area contributed by atoms with Gasteiger partial charge in [-0.1, -0.05) is 6.07 Å². The highest BCUT2D eigenvalue weighted by Gasteiger charge is 2.17. The molecule has 3 rings (SSSR count). The molecule has 0 bridgehead atoms. The summed E-state index contributed by atoms with van der Waals surface area (Å²) in [6.45, 7) is 4.66. The molecule has 1 aliphatic rings. The van der Waals surface area contributed by atoms with Crippen molar-refractivity contribution in [2.45, 2.75) is 45.8 Å². The molecular weight excluding hydrogens is 268 g/mol. The van der Waals surface area contributed by atoms with Crippen LogP contribution in [-0.4, -0.2) is 4.98 Å². The van der Waals surface area contributed by atoms with E-state index in [2.05, 4.69) is 24.0 Å². The summed E-state index contributed by atoms with van der Waals surface area (Å²) in [5.41, 5.74) is 9.90.